The summed E-state index contributed by atoms with van der Waals surface area (Å²) in [5.41, 5.74) is 4.69. The van der Waals surface area contributed by atoms with Crippen LogP contribution in [0.1, 0.15) is 40.2 Å². The van der Waals surface area contributed by atoms with Gasteiger partial charge in [-0.05, 0) is 51.5 Å². The predicted octanol–water partition coefficient (Wildman–Crippen LogP) is 3.09. The number of rotatable bonds is 6. The van der Waals surface area contributed by atoms with E-state index in [2.05, 4.69) is 14.6 Å². The average molecular weight is 328 g/mol. The Bertz CT molecular complexity index is 728. The molecule has 5 nitrogen and oxygen atoms in total. The second kappa shape index (κ2) is 7.81. The lowest BCUT2D eigenvalue weighted by Gasteiger charge is -2.15. The molecule has 1 N–H and O–H groups in total. The highest BCUT2D eigenvalue weighted by molar-refractivity contribution is 5.98. The predicted molar refractivity (Wildman–Crippen MR) is 93.6 cm³/mol. The molecule has 2 aromatic rings. The summed E-state index contributed by atoms with van der Waals surface area (Å²) in [4.78, 5) is 23.7. The largest absolute Gasteiger partial charge is 0.469 e. The van der Waals surface area contributed by atoms with Gasteiger partial charge < -0.3 is 14.6 Å². The van der Waals surface area contributed by atoms with Crippen molar-refractivity contribution < 1.29 is 14.3 Å². The van der Waals surface area contributed by atoms with Crippen LogP contribution in [-0.2, 0) is 9.53 Å². The lowest BCUT2D eigenvalue weighted by Crippen LogP contribution is -2.26. The van der Waals surface area contributed by atoms with E-state index in [1.54, 1.807) is 0 Å². The molecule has 2 rings (SSSR count). The Morgan fingerprint density at radius 2 is 1.75 bits per heavy atom. The van der Waals surface area contributed by atoms with Crippen LogP contribution < -0.4 is 5.32 Å². The molecule has 1 aromatic carbocycles. The van der Waals surface area contributed by atoms with Crippen LogP contribution in [0, 0.1) is 20.8 Å². The quantitative estimate of drug-likeness (QED) is 0.655. The van der Waals surface area contributed by atoms with Gasteiger partial charge in [-0.2, -0.15) is 0 Å². The molecule has 5 heteroatoms. The van der Waals surface area contributed by atoms with Crippen LogP contribution in [0.15, 0.2) is 30.3 Å². The Morgan fingerprint density at radius 3 is 2.38 bits per heavy atom. The zero-order valence-electron chi connectivity index (χ0n) is 14.7. The van der Waals surface area contributed by atoms with Crippen LogP contribution in [0.25, 0.3) is 5.69 Å². The molecule has 1 aromatic heterocycles. The summed E-state index contributed by atoms with van der Waals surface area (Å²) < 4.78 is 6.67. The van der Waals surface area contributed by atoms with Gasteiger partial charge >= 0.3 is 5.97 Å². The number of hydrogen-bond acceptors (Lipinski definition) is 3. The van der Waals surface area contributed by atoms with Gasteiger partial charge in [-0.15, -0.1) is 0 Å². The molecule has 1 heterocycles. The lowest BCUT2D eigenvalue weighted by molar-refractivity contribution is -0.140. The van der Waals surface area contributed by atoms with Crippen molar-refractivity contribution in [3.05, 3.63) is 52.8 Å². The van der Waals surface area contributed by atoms with E-state index < -0.39 is 0 Å². The molecule has 0 saturated carbocycles. The summed E-state index contributed by atoms with van der Waals surface area (Å²) in [6, 6.07) is 9.94. The number of benzene rings is 1. The van der Waals surface area contributed by atoms with Crippen molar-refractivity contribution in [1.82, 2.24) is 9.88 Å². The van der Waals surface area contributed by atoms with Gasteiger partial charge in [0.05, 0.1) is 18.4 Å². The van der Waals surface area contributed by atoms with Crippen LogP contribution >= 0.6 is 0 Å². The Labute approximate surface area is 142 Å². The zero-order valence-corrected chi connectivity index (χ0v) is 14.7. The van der Waals surface area contributed by atoms with Gasteiger partial charge in [-0.1, -0.05) is 11.6 Å². The first-order valence-corrected chi connectivity index (χ1v) is 8.05. The van der Waals surface area contributed by atoms with Crippen LogP contribution in [0.5, 0.6) is 0 Å². The van der Waals surface area contributed by atoms with Gasteiger partial charge in [0.1, 0.15) is 0 Å². The van der Waals surface area contributed by atoms with Crippen molar-refractivity contribution in [2.45, 2.75) is 33.6 Å². The van der Waals surface area contributed by atoms with Gasteiger partial charge in [0.15, 0.2) is 0 Å². The molecule has 0 aliphatic rings. The van der Waals surface area contributed by atoms with Crippen LogP contribution in [-0.4, -0.2) is 30.1 Å². The fourth-order valence-corrected chi connectivity index (χ4v) is 2.71. The summed E-state index contributed by atoms with van der Waals surface area (Å²) in [5, 5.41) is 2.89. The number of nitrogens with one attached hydrogen (secondary N) is 1. The Morgan fingerprint density at radius 1 is 1.08 bits per heavy atom. The van der Waals surface area contributed by atoms with Crippen molar-refractivity contribution in [2.75, 3.05) is 13.7 Å². The monoisotopic (exact) mass is 328 g/mol. The van der Waals surface area contributed by atoms with E-state index in [1.807, 2.05) is 51.1 Å². The van der Waals surface area contributed by atoms with Gasteiger partial charge in [-0.25, -0.2) is 0 Å². The second-order valence-corrected chi connectivity index (χ2v) is 5.91. The first-order chi connectivity index (χ1) is 11.4. The highest BCUT2D eigenvalue weighted by atomic mass is 16.5. The maximum absolute atomic E-state index is 12.6. The lowest BCUT2D eigenvalue weighted by atomic mass is 10.1. The van der Waals surface area contributed by atoms with E-state index in [9.17, 15) is 9.59 Å². The maximum atomic E-state index is 12.6. The fraction of sp³-hybridized carbons (Fsp3) is 0.368. The second-order valence-electron chi connectivity index (χ2n) is 5.91. The van der Waals surface area contributed by atoms with Crippen LogP contribution in [0.4, 0.5) is 0 Å². The van der Waals surface area contributed by atoms with E-state index in [4.69, 9.17) is 0 Å². The number of hydrogen-bond donors (Lipinski definition) is 1. The Kier molecular flexibility index (Phi) is 5.79. The number of aryl methyl sites for hydroxylation is 3. The number of amides is 1. The third kappa shape index (κ3) is 4.04. The van der Waals surface area contributed by atoms with Crippen LogP contribution in [0.2, 0.25) is 0 Å². The third-order valence-corrected chi connectivity index (χ3v) is 3.98. The molecule has 1 amide bonds. The van der Waals surface area contributed by atoms with E-state index >= 15 is 0 Å². The fourth-order valence-electron chi connectivity index (χ4n) is 2.71. The van der Waals surface area contributed by atoms with E-state index in [-0.39, 0.29) is 11.9 Å². The molecule has 0 aliphatic heterocycles. The summed E-state index contributed by atoms with van der Waals surface area (Å²) in [6.45, 7) is 6.44. The van der Waals surface area contributed by atoms with Crippen molar-refractivity contribution in [3.63, 3.8) is 0 Å². The number of esters is 1. The third-order valence-electron chi connectivity index (χ3n) is 3.98. The first kappa shape index (κ1) is 17.8. The van der Waals surface area contributed by atoms with Gasteiger partial charge in [0.2, 0.25) is 0 Å². The Hall–Kier alpha value is -2.56. The van der Waals surface area contributed by atoms with Gasteiger partial charge in [0.25, 0.3) is 5.91 Å². The molecule has 128 valence electrons. The minimum absolute atomic E-state index is 0.133. The molecular weight excluding hydrogens is 304 g/mol. The molecule has 0 unspecified atom stereocenters. The number of carbonyl (C=O) groups is 2. The van der Waals surface area contributed by atoms with Crippen LogP contribution in [0.3, 0.4) is 0 Å². The van der Waals surface area contributed by atoms with Crippen molar-refractivity contribution in [2.24, 2.45) is 0 Å². The number of ether oxygens (including phenoxy) is 1. The summed E-state index contributed by atoms with van der Waals surface area (Å²) in [7, 11) is 1.36. The maximum Gasteiger partial charge on any atom is 0.305 e. The molecule has 0 radical (unpaired) electrons. The molecule has 0 spiro atoms. The van der Waals surface area contributed by atoms with E-state index in [0.717, 1.165) is 22.6 Å². The van der Waals surface area contributed by atoms with Crippen molar-refractivity contribution in [3.8, 4) is 5.69 Å². The summed E-state index contributed by atoms with van der Waals surface area (Å²) in [5.74, 6) is -0.398. The highest BCUT2D eigenvalue weighted by Crippen LogP contribution is 2.21. The number of aromatic nitrogens is 1. The van der Waals surface area contributed by atoms with E-state index in [1.165, 1.54) is 7.11 Å². The standard InChI is InChI=1S/C19H24N2O3/c1-13-7-10-17(21-14(2)8-9-15(21)3)16(12-13)19(23)20-11-5-6-18(22)24-4/h7-10,12H,5-6,11H2,1-4H3,(H,20,23). The Balaban J connectivity index is 2.19. The topological polar surface area (TPSA) is 60.3 Å². The zero-order chi connectivity index (χ0) is 17.7. The SMILES string of the molecule is COC(=O)CCCNC(=O)c1cc(C)ccc1-n1c(C)ccc1C. The molecule has 0 aliphatic carbocycles. The minimum Gasteiger partial charge on any atom is -0.469 e. The highest BCUT2D eigenvalue weighted by Gasteiger charge is 2.15. The van der Waals surface area contributed by atoms with Gasteiger partial charge in [0, 0.05) is 24.4 Å². The molecule has 0 bridgehead atoms. The number of carbonyl (C=O) groups excluding carboxylic acids is 2. The summed E-state index contributed by atoms with van der Waals surface area (Å²) in [6.07, 6.45) is 0.856. The smallest absolute Gasteiger partial charge is 0.305 e. The van der Waals surface area contributed by atoms with Crippen molar-refractivity contribution in [1.29, 1.82) is 0 Å². The molecule has 0 atom stereocenters. The molecule has 24 heavy (non-hydrogen) atoms. The van der Waals surface area contributed by atoms with E-state index in [0.29, 0.717) is 24.9 Å². The minimum atomic E-state index is -0.265. The number of nitrogens with zero attached hydrogens (tertiary/aromatic N) is 1. The summed E-state index contributed by atoms with van der Waals surface area (Å²) >= 11 is 0. The molecular formula is C19H24N2O3. The number of methoxy groups -OCH3 is 1. The molecule has 0 saturated heterocycles. The average Bonchev–Trinajstić information content (AvgIpc) is 2.90. The van der Waals surface area contributed by atoms with Gasteiger partial charge in [-0.3, -0.25) is 9.59 Å². The normalized spacial score (nSPS) is 10.5. The molecule has 0 fully saturated rings. The first-order valence-electron chi connectivity index (χ1n) is 8.05. The van der Waals surface area contributed by atoms with Crippen molar-refractivity contribution >= 4 is 11.9 Å².